The summed E-state index contributed by atoms with van der Waals surface area (Å²) in [6, 6.07) is 13.0. The highest BCUT2D eigenvalue weighted by Crippen LogP contribution is 2.33. The number of phenolic OH excluding ortho intramolecular Hbond substituents is 1. The lowest BCUT2D eigenvalue weighted by molar-refractivity contribution is 0.0706. The highest BCUT2D eigenvalue weighted by atomic mass is 16.5. The van der Waals surface area contributed by atoms with Crippen LogP contribution in [-0.2, 0) is 0 Å². The van der Waals surface area contributed by atoms with Crippen LogP contribution >= 0.6 is 0 Å². The first kappa shape index (κ1) is 17.1. The first-order valence-electron chi connectivity index (χ1n) is 8.55. The van der Waals surface area contributed by atoms with Crippen LogP contribution in [0.5, 0.6) is 11.5 Å². The Labute approximate surface area is 148 Å². The molecule has 1 aliphatic rings. The van der Waals surface area contributed by atoms with Crippen molar-refractivity contribution in [2.75, 3.05) is 31.6 Å². The monoisotopic (exact) mass is 340 g/mol. The Morgan fingerprint density at radius 1 is 1.32 bits per heavy atom. The van der Waals surface area contributed by atoms with E-state index in [2.05, 4.69) is 17.9 Å². The SMILES string of the molecule is CCN1C[C@H](CN(C)C(=O)c2cc(C)ccc2O)Oc2ccccc21. The van der Waals surface area contributed by atoms with E-state index in [9.17, 15) is 9.90 Å². The van der Waals surface area contributed by atoms with Crippen LogP contribution in [-0.4, -0.2) is 48.7 Å². The zero-order chi connectivity index (χ0) is 18.0. The molecule has 0 saturated carbocycles. The van der Waals surface area contributed by atoms with Gasteiger partial charge in [-0.25, -0.2) is 0 Å². The second-order valence-electron chi connectivity index (χ2n) is 6.45. The molecule has 2 aromatic carbocycles. The normalized spacial score (nSPS) is 16.1. The third kappa shape index (κ3) is 3.55. The smallest absolute Gasteiger partial charge is 0.257 e. The second-order valence-corrected chi connectivity index (χ2v) is 6.45. The van der Waals surface area contributed by atoms with Gasteiger partial charge in [0.05, 0.1) is 24.3 Å². The number of amides is 1. The maximum Gasteiger partial charge on any atom is 0.257 e. The molecule has 0 unspecified atom stereocenters. The van der Waals surface area contributed by atoms with Gasteiger partial charge >= 0.3 is 0 Å². The van der Waals surface area contributed by atoms with Crippen molar-refractivity contribution < 1.29 is 14.6 Å². The molecule has 0 aromatic heterocycles. The van der Waals surface area contributed by atoms with E-state index in [0.29, 0.717) is 12.1 Å². The maximum absolute atomic E-state index is 12.7. The standard InChI is InChI=1S/C20H24N2O3/c1-4-22-13-15(25-19-8-6-5-7-17(19)22)12-21(3)20(24)16-11-14(2)9-10-18(16)23/h5-11,15,23H,4,12-13H2,1-3H3/t15-/m0/s1. The molecule has 0 spiro atoms. The summed E-state index contributed by atoms with van der Waals surface area (Å²) in [4.78, 5) is 16.6. The van der Waals surface area contributed by atoms with Crippen LogP contribution in [0, 0.1) is 6.92 Å². The molecular formula is C20H24N2O3. The van der Waals surface area contributed by atoms with Crippen molar-refractivity contribution in [3.8, 4) is 11.5 Å². The molecule has 0 bridgehead atoms. The Morgan fingerprint density at radius 2 is 2.08 bits per heavy atom. The van der Waals surface area contributed by atoms with Gasteiger partial charge in [-0.15, -0.1) is 0 Å². The third-order valence-corrected chi connectivity index (χ3v) is 4.51. The van der Waals surface area contributed by atoms with E-state index >= 15 is 0 Å². The van der Waals surface area contributed by atoms with Gasteiger partial charge in [-0.05, 0) is 38.1 Å². The van der Waals surface area contributed by atoms with E-state index in [-0.39, 0.29) is 17.8 Å². The van der Waals surface area contributed by atoms with Crippen molar-refractivity contribution in [2.24, 2.45) is 0 Å². The number of carbonyl (C=O) groups excluding carboxylic acids is 1. The molecule has 25 heavy (non-hydrogen) atoms. The molecule has 5 nitrogen and oxygen atoms in total. The van der Waals surface area contributed by atoms with Crippen molar-refractivity contribution in [1.29, 1.82) is 0 Å². The number of ether oxygens (including phenoxy) is 1. The number of carbonyl (C=O) groups is 1. The van der Waals surface area contributed by atoms with Crippen molar-refractivity contribution in [1.82, 2.24) is 4.90 Å². The van der Waals surface area contributed by atoms with Crippen LogP contribution in [0.15, 0.2) is 42.5 Å². The molecule has 0 fully saturated rings. The number of hydrogen-bond donors (Lipinski definition) is 1. The lowest BCUT2D eigenvalue weighted by atomic mass is 10.1. The Balaban J connectivity index is 1.74. The third-order valence-electron chi connectivity index (χ3n) is 4.51. The Hall–Kier alpha value is -2.69. The van der Waals surface area contributed by atoms with E-state index in [1.807, 2.05) is 25.1 Å². The molecule has 3 rings (SSSR count). The van der Waals surface area contributed by atoms with Crippen molar-refractivity contribution in [2.45, 2.75) is 20.0 Å². The lowest BCUT2D eigenvalue weighted by Crippen LogP contribution is -2.46. The van der Waals surface area contributed by atoms with Gasteiger partial charge in [0.25, 0.3) is 5.91 Å². The summed E-state index contributed by atoms with van der Waals surface area (Å²) in [6.45, 7) is 6.07. The molecule has 132 valence electrons. The maximum atomic E-state index is 12.7. The number of anilines is 1. The van der Waals surface area contributed by atoms with Gasteiger partial charge in [0.2, 0.25) is 0 Å². The number of aromatic hydroxyl groups is 1. The minimum Gasteiger partial charge on any atom is -0.507 e. The molecule has 1 amide bonds. The predicted octanol–water partition coefficient (Wildman–Crippen LogP) is 3.06. The van der Waals surface area contributed by atoms with E-state index in [1.165, 1.54) is 0 Å². The average Bonchev–Trinajstić information content (AvgIpc) is 2.62. The van der Waals surface area contributed by atoms with Crippen molar-refractivity contribution in [3.63, 3.8) is 0 Å². The molecule has 2 aromatic rings. The summed E-state index contributed by atoms with van der Waals surface area (Å²) in [7, 11) is 1.74. The fourth-order valence-electron chi connectivity index (χ4n) is 3.19. The summed E-state index contributed by atoms with van der Waals surface area (Å²) in [6.07, 6.45) is -0.115. The van der Waals surface area contributed by atoms with E-state index in [1.54, 1.807) is 30.1 Å². The van der Waals surface area contributed by atoms with Crippen LogP contribution in [0.3, 0.4) is 0 Å². The molecule has 5 heteroatoms. The Morgan fingerprint density at radius 3 is 2.84 bits per heavy atom. The molecule has 0 aliphatic carbocycles. The molecule has 1 atom stereocenters. The van der Waals surface area contributed by atoms with Gasteiger partial charge in [-0.2, -0.15) is 0 Å². The molecule has 0 radical (unpaired) electrons. The van der Waals surface area contributed by atoms with Crippen molar-refractivity contribution >= 4 is 11.6 Å². The van der Waals surface area contributed by atoms with E-state index in [0.717, 1.165) is 30.1 Å². The Bertz CT molecular complexity index is 775. The molecular weight excluding hydrogens is 316 g/mol. The van der Waals surface area contributed by atoms with Crippen LogP contribution in [0.25, 0.3) is 0 Å². The lowest BCUT2D eigenvalue weighted by Gasteiger charge is -2.37. The zero-order valence-corrected chi connectivity index (χ0v) is 14.9. The average molecular weight is 340 g/mol. The number of aryl methyl sites for hydroxylation is 1. The fourth-order valence-corrected chi connectivity index (χ4v) is 3.19. The summed E-state index contributed by atoms with van der Waals surface area (Å²) in [5.41, 5.74) is 2.35. The molecule has 1 N–H and O–H groups in total. The first-order valence-corrected chi connectivity index (χ1v) is 8.55. The van der Waals surface area contributed by atoms with Crippen LogP contribution < -0.4 is 9.64 Å². The number of hydrogen-bond acceptors (Lipinski definition) is 4. The number of benzene rings is 2. The highest BCUT2D eigenvalue weighted by Gasteiger charge is 2.27. The molecule has 1 heterocycles. The van der Waals surface area contributed by atoms with Crippen LogP contribution in [0.2, 0.25) is 0 Å². The van der Waals surface area contributed by atoms with Crippen LogP contribution in [0.4, 0.5) is 5.69 Å². The summed E-state index contributed by atoms with van der Waals surface area (Å²) in [5, 5.41) is 9.98. The number of nitrogens with zero attached hydrogens (tertiary/aromatic N) is 2. The minimum absolute atomic E-state index is 0.00698. The van der Waals surface area contributed by atoms with Crippen LogP contribution in [0.1, 0.15) is 22.8 Å². The van der Waals surface area contributed by atoms with Gasteiger partial charge in [0.15, 0.2) is 0 Å². The minimum atomic E-state index is -0.202. The number of phenols is 1. The fraction of sp³-hybridized carbons (Fsp3) is 0.350. The van der Waals surface area contributed by atoms with Gasteiger partial charge in [-0.1, -0.05) is 23.8 Å². The number of rotatable bonds is 4. The van der Waals surface area contributed by atoms with Crippen molar-refractivity contribution in [3.05, 3.63) is 53.6 Å². The topological polar surface area (TPSA) is 53.0 Å². The van der Waals surface area contributed by atoms with Gasteiger partial charge < -0.3 is 19.6 Å². The van der Waals surface area contributed by atoms with Gasteiger partial charge in [-0.3, -0.25) is 4.79 Å². The molecule has 0 saturated heterocycles. The molecule has 1 aliphatic heterocycles. The van der Waals surface area contributed by atoms with Gasteiger partial charge in [0, 0.05) is 13.6 Å². The second kappa shape index (κ2) is 7.05. The number of para-hydroxylation sites is 2. The zero-order valence-electron chi connectivity index (χ0n) is 14.9. The summed E-state index contributed by atoms with van der Waals surface area (Å²) >= 11 is 0. The largest absolute Gasteiger partial charge is 0.507 e. The van der Waals surface area contributed by atoms with E-state index < -0.39 is 0 Å². The summed E-state index contributed by atoms with van der Waals surface area (Å²) < 4.78 is 6.08. The quantitative estimate of drug-likeness (QED) is 0.929. The highest BCUT2D eigenvalue weighted by molar-refractivity contribution is 5.96. The first-order chi connectivity index (χ1) is 12.0. The number of likely N-dealkylation sites (N-methyl/N-ethyl adjacent to an activating group) is 2. The van der Waals surface area contributed by atoms with E-state index in [4.69, 9.17) is 4.74 Å². The number of fused-ring (bicyclic) bond motifs is 1. The van der Waals surface area contributed by atoms with Gasteiger partial charge in [0.1, 0.15) is 17.6 Å². The Kier molecular flexibility index (Phi) is 4.83. The predicted molar refractivity (Wildman–Crippen MR) is 98.5 cm³/mol. The summed E-state index contributed by atoms with van der Waals surface area (Å²) in [5.74, 6) is 0.652.